The van der Waals surface area contributed by atoms with Crippen LogP contribution in [0.1, 0.15) is 18.1 Å². The number of nitrogens with one attached hydrogen (secondary N) is 3. The van der Waals surface area contributed by atoms with E-state index in [1.165, 1.54) is 24.5 Å². The molecule has 1 aromatic carbocycles. The first-order valence-corrected chi connectivity index (χ1v) is 7.93. The van der Waals surface area contributed by atoms with Crippen LogP contribution in [0.25, 0.3) is 0 Å². The Morgan fingerprint density at radius 1 is 1.38 bits per heavy atom. The fourth-order valence-electron chi connectivity index (χ4n) is 1.87. The van der Waals surface area contributed by atoms with Crippen LogP contribution >= 0.6 is 0 Å². The minimum Gasteiger partial charge on any atom is -0.313 e. The molecule has 0 radical (unpaired) electrons. The number of aromatic amines is 1. The van der Waals surface area contributed by atoms with Gasteiger partial charge in [-0.2, -0.15) is 5.10 Å². The molecule has 8 heteroatoms. The van der Waals surface area contributed by atoms with Gasteiger partial charge in [-0.15, -0.1) is 0 Å². The molecule has 21 heavy (non-hydrogen) atoms. The summed E-state index contributed by atoms with van der Waals surface area (Å²) < 4.78 is 41.0. The summed E-state index contributed by atoms with van der Waals surface area (Å²) in [6.07, 6.45) is 2.78. The van der Waals surface area contributed by atoms with Crippen LogP contribution in [0.5, 0.6) is 0 Å². The van der Waals surface area contributed by atoms with Gasteiger partial charge in [-0.05, 0) is 31.2 Å². The van der Waals surface area contributed by atoms with Crippen LogP contribution in [0.4, 0.5) is 10.1 Å². The van der Waals surface area contributed by atoms with Crippen LogP contribution in [0.15, 0.2) is 29.4 Å². The highest BCUT2D eigenvalue weighted by Crippen LogP contribution is 2.21. The van der Waals surface area contributed by atoms with Crippen LogP contribution in [-0.2, 0) is 16.6 Å². The van der Waals surface area contributed by atoms with Crippen molar-refractivity contribution in [3.63, 3.8) is 0 Å². The Kier molecular flexibility index (Phi) is 4.59. The normalized spacial score (nSPS) is 11.6. The summed E-state index contributed by atoms with van der Waals surface area (Å²) in [4.78, 5) is 0.0236. The maximum Gasteiger partial charge on any atom is 0.262 e. The first-order chi connectivity index (χ1) is 9.94. The maximum absolute atomic E-state index is 14.0. The number of anilines is 1. The van der Waals surface area contributed by atoms with E-state index in [-0.39, 0.29) is 17.0 Å². The number of rotatable bonds is 6. The predicted octanol–water partition coefficient (Wildman–Crippen LogP) is 1.77. The van der Waals surface area contributed by atoms with Crippen molar-refractivity contribution in [2.24, 2.45) is 0 Å². The van der Waals surface area contributed by atoms with Crippen LogP contribution in [0, 0.1) is 12.7 Å². The van der Waals surface area contributed by atoms with Crippen molar-refractivity contribution in [3.05, 3.63) is 41.5 Å². The van der Waals surface area contributed by atoms with E-state index in [1.807, 2.05) is 6.92 Å². The number of H-pyrrole nitrogens is 1. The Bertz CT molecular complexity index is 714. The second kappa shape index (κ2) is 6.23. The van der Waals surface area contributed by atoms with E-state index in [0.29, 0.717) is 17.8 Å². The number of hydrogen-bond acceptors (Lipinski definition) is 4. The van der Waals surface area contributed by atoms with E-state index in [0.717, 1.165) is 0 Å². The first kappa shape index (κ1) is 15.5. The standard InChI is InChI=1S/C13H17FN4O2S/c1-3-15-6-10-5-12(4-9(2)13(10)14)21(19,20)18-11-7-16-17-8-11/h4-5,7-8,15,18H,3,6H2,1-2H3,(H,16,17). The number of benzene rings is 1. The topological polar surface area (TPSA) is 86.9 Å². The molecule has 114 valence electrons. The van der Waals surface area contributed by atoms with E-state index in [2.05, 4.69) is 20.2 Å². The third-order valence-electron chi connectivity index (χ3n) is 2.93. The second-order valence-electron chi connectivity index (χ2n) is 4.59. The Morgan fingerprint density at radius 2 is 2.14 bits per heavy atom. The summed E-state index contributed by atoms with van der Waals surface area (Å²) in [5.74, 6) is -0.391. The molecule has 0 amide bonds. The summed E-state index contributed by atoms with van der Waals surface area (Å²) in [5, 5.41) is 9.17. The number of aryl methyl sites for hydroxylation is 1. The fourth-order valence-corrected chi connectivity index (χ4v) is 3.04. The van der Waals surface area contributed by atoms with Gasteiger partial charge >= 0.3 is 0 Å². The van der Waals surface area contributed by atoms with Crippen LogP contribution < -0.4 is 10.0 Å². The second-order valence-corrected chi connectivity index (χ2v) is 6.27. The largest absolute Gasteiger partial charge is 0.313 e. The third-order valence-corrected chi connectivity index (χ3v) is 4.29. The molecule has 0 fully saturated rings. The lowest BCUT2D eigenvalue weighted by Gasteiger charge is -2.11. The lowest BCUT2D eigenvalue weighted by molar-refractivity contribution is 0.580. The summed E-state index contributed by atoms with van der Waals surface area (Å²) in [6, 6.07) is 2.65. The molecule has 0 spiro atoms. The van der Waals surface area contributed by atoms with Gasteiger partial charge in [0.05, 0.1) is 16.8 Å². The van der Waals surface area contributed by atoms with Gasteiger partial charge in [-0.1, -0.05) is 6.92 Å². The molecule has 6 nitrogen and oxygen atoms in total. The zero-order chi connectivity index (χ0) is 15.5. The van der Waals surface area contributed by atoms with Crippen LogP contribution in [-0.4, -0.2) is 25.2 Å². The summed E-state index contributed by atoms with van der Waals surface area (Å²) in [6.45, 7) is 4.38. The highest BCUT2D eigenvalue weighted by Gasteiger charge is 2.18. The Balaban J connectivity index is 2.36. The van der Waals surface area contributed by atoms with Gasteiger partial charge in [0.15, 0.2) is 0 Å². The van der Waals surface area contributed by atoms with Gasteiger partial charge in [0.2, 0.25) is 0 Å². The van der Waals surface area contributed by atoms with Gasteiger partial charge in [0.25, 0.3) is 10.0 Å². The molecule has 0 unspecified atom stereocenters. The molecule has 0 bridgehead atoms. The first-order valence-electron chi connectivity index (χ1n) is 6.45. The van der Waals surface area contributed by atoms with Crippen molar-refractivity contribution in [3.8, 4) is 0 Å². The van der Waals surface area contributed by atoms with Gasteiger partial charge in [0.1, 0.15) is 5.82 Å². The summed E-state index contributed by atoms with van der Waals surface area (Å²) >= 11 is 0. The molecule has 0 atom stereocenters. The van der Waals surface area contributed by atoms with E-state index >= 15 is 0 Å². The number of halogens is 1. The molecule has 0 aliphatic heterocycles. The van der Waals surface area contributed by atoms with Crippen molar-refractivity contribution in [1.29, 1.82) is 0 Å². The van der Waals surface area contributed by atoms with E-state index in [4.69, 9.17) is 0 Å². The minimum absolute atomic E-state index is 0.0236. The molecule has 2 rings (SSSR count). The van der Waals surface area contributed by atoms with Crippen LogP contribution in [0.3, 0.4) is 0 Å². The minimum atomic E-state index is -3.77. The Hall–Kier alpha value is -1.93. The van der Waals surface area contributed by atoms with E-state index in [9.17, 15) is 12.8 Å². The van der Waals surface area contributed by atoms with Gasteiger partial charge in [-0.25, -0.2) is 12.8 Å². The molecule has 0 saturated heterocycles. The van der Waals surface area contributed by atoms with E-state index in [1.54, 1.807) is 6.92 Å². The van der Waals surface area contributed by atoms with Crippen molar-refractivity contribution < 1.29 is 12.8 Å². The van der Waals surface area contributed by atoms with E-state index < -0.39 is 15.8 Å². The van der Waals surface area contributed by atoms with Crippen molar-refractivity contribution in [2.45, 2.75) is 25.3 Å². The van der Waals surface area contributed by atoms with Gasteiger partial charge in [0, 0.05) is 18.3 Å². The summed E-state index contributed by atoms with van der Waals surface area (Å²) in [7, 11) is -3.77. The maximum atomic E-state index is 14.0. The quantitative estimate of drug-likeness (QED) is 0.758. The monoisotopic (exact) mass is 312 g/mol. The fraction of sp³-hybridized carbons (Fsp3) is 0.308. The lowest BCUT2D eigenvalue weighted by atomic mass is 10.1. The molecule has 0 saturated carbocycles. The van der Waals surface area contributed by atoms with Gasteiger partial charge in [-0.3, -0.25) is 9.82 Å². The number of nitrogens with zero attached hydrogens (tertiary/aromatic N) is 1. The Labute approximate surface area is 122 Å². The highest BCUT2D eigenvalue weighted by atomic mass is 32.2. The van der Waals surface area contributed by atoms with Crippen LogP contribution in [0.2, 0.25) is 0 Å². The third kappa shape index (κ3) is 3.59. The smallest absolute Gasteiger partial charge is 0.262 e. The molecule has 1 heterocycles. The summed E-state index contributed by atoms with van der Waals surface area (Å²) in [5.41, 5.74) is 0.938. The molecule has 1 aromatic heterocycles. The number of aromatic nitrogens is 2. The zero-order valence-corrected chi connectivity index (χ0v) is 12.6. The highest BCUT2D eigenvalue weighted by molar-refractivity contribution is 7.92. The SMILES string of the molecule is CCNCc1cc(S(=O)(=O)Nc2cn[nH]c2)cc(C)c1F. The molecular formula is C13H17FN4O2S. The average molecular weight is 312 g/mol. The molecule has 2 aromatic rings. The number of hydrogen-bond donors (Lipinski definition) is 3. The zero-order valence-electron chi connectivity index (χ0n) is 11.8. The Morgan fingerprint density at radius 3 is 2.76 bits per heavy atom. The molecule has 0 aliphatic rings. The molecular weight excluding hydrogens is 295 g/mol. The lowest BCUT2D eigenvalue weighted by Crippen LogP contribution is -2.17. The number of sulfonamides is 1. The van der Waals surface area contributed by atoms with Crippen molar-refractivity contribution in [2.75, 3.05) is 11.3 Å². The predicted molar refractivity (Wildman–Crippen MR) is 77.9 cm³/mol. The molecule has 3 N–H and O–H groups in total. The van der Waals surface area contributed by atoms with Crippen molar-refractivity contribution in [1.82, 2.24) is 15.5 Å². The van der Waals surface area contributed by atoms with Crippen molar-refractivity contribution >= 4 is 15.7 Å². The average Bonchev–Trinajstić information content (AvgIpc) is 2.92. The molecule has 0 aliphatic carbocycles. The van der Waals surface area contributed by atoms with Gasteiger partial charge < -0.3 is 5.32 Å².